The summed E-state index contributed by atoms with van der Waals surface area (Å²) in [4.78, 5) is -0.208. The third-order valence-corrected chi connectivity index (χ3v) is 4.39. The Kier molecular flexibility index (Phi) is 2.91. The van der Waals surface area contributed by atoms with Crippen LogP contribution in [0.5, 0.6) is 0 Å². The molecule has 4 atom stereocenters. The maximum Gasteiger partial charge on any atom is 0.0858 e. The minimum atomic E-state index is -0.507. The van der Waals surface area contributed by atoms with E-state index >= 15 is 0 Å². The normalized spacial score (nSPS) is 47.6. The van der Waals surface area contributed by atoms with E-state index in [4.69, 9.17) is 0 Å². The van der Waals surface area contributed by atoms with Gasteiger partial charge in [0.1, 0.15) is 0 Å². The highest BCUT2D eigenvalue weighted by Crippen LogP contribution is 2.26. The van der Waals surface area contributed by atoms with E-state index in [1.807, 2.05) is 0 Å². The number of hydrogen-bond donors (Lipinski definition) is 2. The summed E-state index contributed by atoms with van der Waals surface area (Å²) in [5, 5.41) is 18.4. The average molecular weight is 272 g/mol. The molecule has 0 saturated carbocycles. The second-order valence-corrected chi connectivity index (χ2v) is 4.37. The number of hydrogen-bond acceptors (Lipinski definition) is 2. The number of rotatable bonds is 0. The van der Waals surface area contributed by atoms with Crippen molar-refractivity contribution >= 4 is 31.9 Å². The highest BCUT2D eigenvalue weighted by Gasteiger charge is 2.30. The van der Waals surface area contributed by atoms with Gasteiger partial charge < -0.3 is 10.2 Å². The maximum absolute atomic E-state index is 9.19. The fourth-order valence-electron chi connectivity index (χ4n) is 0.817. The first-order valence-electron chi connectivity index (χ1n) is 2.95. The van der Waals surface area contributed by atoms with Crippen molar-refractivity contribution in [2.75, 3.05) is 0 Å². The van der Waals surface area contributed by atoms with Crippen molar-refractivity contribution in [3.63, 3.8) is 0 Å². The molecule has 0 aliphatic heterocycles. The van der Waals surface area contributed by atoms with Gasteiger partial charge in [-0.3, -0.25) is 0 Å². The predicted molar refractivity (Wildman–Crippen MR) is 46.6 cm³/mol. The first kappa shape index (κ1) is 8.71. The molecule has 0 aromatic heterocycles. The molecule has 2 nitrogen and oxygen atoms in total. The van der Waals surface area contributed by atoms with Crippen LogP contribution in [-0.4, -0.2) is 32.1 Å². The zero-order valence-corrected chi connectivity index (χ0v) is 8.29. The summed E-state index contributed by atoms with van der Waals surface area (Å²) in [7, 11) is 0. The molecule has 1 rings (SSSR count). The highest BCUT2D eigenvalue weighted by molar-refractivity contribution is 9.12. The third-order valence-electron chi connectivity index (χ3n) is 1.46. The predicted octanol–water partition coefficient (Wildman–Crippen LogP) is 0.805. The molecular weight excluding hydrogens is 264 g/mol. The van der Waals surface area contributed by atoms with Crippen molar-refractivity contribution in [3.8, 4) is 0 Å². The van der Waals surface area contributed by atoms with Gasteiger partial charge in [0, 0.05) is 0 Å². The summed E-state index contributed by atoms with van der Waals surface area (Å²) in [5.41, 5.74) is 0. The number of aliphatic hydroxyl groups excluding tert-OH is 2. The van der Waals surface area contributed by atoms with E-state index in [0.717, 1.165) is 0 Å². The Hall–Kier alpha value is 0.620. The van der Waals surface area contributed by atoms with Gasteiger partial charge in [-0.05, 0) is 0 Å². The van der Waals surface area contributed by atoms with Crippen LogP contribution in [0.2, 0.25) is 0 Å². The molecule has 0 radical (unpaired) electrons. The molecule has 0 unspecified atom stereocenters. The van der Waals surface area contributed by atoms with Crippen LogP contribution in [0.4, 0.5) is 0 Å². The van der Waals surface area contributed by atoms with Crippen molar-refractivity contribution in [3.05, 3.63) is 12.2 Å². The highest BCUT2D eigenvalue weighted by atomic mass is 79.9. The lowest BCUT2D eigenvalue weighted by Gasteiger charge is -2.26. The Morgan fingerprint density at radius 3 is 1.50 bits per heavy atom. The molecule has 0 saturated heterocycles. The van der Waals surface area contributed by atoms with Crippen molar-refractivity contribution < 1.29 is 10.2 Å². The van der Waals surface area contributed by atoms with Crippen molar-refractivity contribution in [1.82, 2.24) is 0 Å². The molecule has 0 bridgehead atoms. The minimum Gasteiger partial charge on any atom is -0.388 e. The van der Waals surface area contributed by atoms with Gasteiger partial charge in [0.25, 0.3) is 0 Å². The quantitative estimate of drug-likeness (QED) is 0.506. The zero-order chi connectivity index (χ0) is 7.72. The molecule has 2 N–H and O–H groups in total. The Morgan fingerprint density at radius 1 is 0.900 bits per heavy atom. The molecule has 0 amide bonds. The molecule has 0 spiro atoms. The number of halogens is 2. The summed E-state index contributed by atoms with van der Waals surface area (Å²) < 4.78 is 0. The van der Waals surface area contributed by atoms with Crippen LogP contribution in [-0.2, 0) is 0 Å². The average Bonchev–Trinajstić information content (AvgIpc) is 1.93. The Labute approximate surface area is 76.2 Å². The van der Waals surface area contributed by atoms with Gasteiger partial charge in [-0.15, -0.1) is 0 Å². The molecule has 10 heavy (non-hydrogen) atoms. The Bertz CT molecular complexity index is 133. The molecule has 0 fully saturated rings. The molecule has 0 heterocycles. The largest absolute Gasteiger partial charge is 0.388 e. The summed E-state index contributed by atoms with van der Waals surface area (Å²) in [5.74, 6) is 0. The maximum atomic E-state index is 9.19. The third kappa shape index (κ3) is 1.61. The molecule has 0 aromatic carbocycles. The Morgan fingerprint density at radius 2 is 1.20 bits per heavy atom. The number of alkyl halides is 2. The fraction of sp³-hybridized carbons (Fsp3) is 0.667. The van der Waals surface area contributed by atoms with Crippen molar-refractivity contribution in [1.29, 1.82) is 0 Å². The van der Waals surface area contributed by atoms with Crippen molar-refractivity contribution in [2.45, 2.75) is 21.9 Å². The van der Waals surface area contributed by atoms with Crippen LogP contribution in [0.25, 0.3) is 0 Å². The molecule has 58 valence electrons. The topological polar surface area (TPSA) is 40.5 Å². The van der Waals surface area contributed by atoms with Gasteiger partial charge in [-0.1, -0.05) is 44.0 Å². The molecule has 0 aromatic rings. The SMILES string of the molecule is O[C@@H]1C=C[C@H](O)[C@H](Br)[C@@H]1Br. The van der Waals surface area contributed by atoms with Gasteiger partial charge in [-0.25, -0.2) is 0 Å². The summed E-state index contributed by atoms with van der Waals surface area (Å²) in [6.07, 6.45) is 2.16. The number of aliphatic hydroxyl groups is 2. The lowest BCUT2D eigenvalue weighted by atomic mass is 10.0. The van der Waals surface area contributed by atoms with Crippen LogP contribution in [0, 0.1) is 0 Å². The molecule has 1 aliphatic carbocycles. The van der Waals surface area contributed by atoms with Crippen LogP contribution < -0.4 is 0 Å². The summed E-state index contributed by atoms with van der Waals surface area (Å²) >= 11 is 6.50. The molecule has 1 aliphatic rings. The van der Waals surface area contributed by atoms with Gasteiger partial charge in [0.05, 0.1) is 21.9 Å². The monoisotopic (exact) mass is 270 g/mol. The van der Waals surface area contributed by atoms with E-state index in [9.17, 15) is 10.2 Å². The van der Waals surface area contributed by atoms with E-state index in [1.165, 1.54) is 0 Å². The second kappa shape index (κ2) is 3.34. The van der Waals surface area contributed by atoms with Gasteiger partial charge in [-0.2, -0.15) is 0 Å². The van der Waals surface area contributed by atoms with Crippen LogP contribution >= 0.6 is 31.9 Å². The molecule has 4 heteroatoms. The lowest BCUT2D eigenvalue weighted by molar-refractivity contribution is 0.161. The van der Waals surface area contributed by atoms with E-state index in [2.05, 4.69) is 31.9 Å². The zero-order valence-electron chi connectivity index (χ0n) is 5.11. The summed E-state index contributed by atoms with van der Waals surface area (Å²) in [6, 6.07) is 0. The lowest BCUT2D eigenvalue weighted by Crippen LogP contribution is -2.38. The van der Waals surface area contributed by atoms with Gasteiger partial charge in [0.2, 0.25) is 0 Å². The van der Waals surface area contributed by atoms with Crippen LogP contribution in [0.3, 0.4) is 0 Å². The van der Waals surface area contributed by atoms with Gasteiger partial charge >= 0.3 is 0 Å². The smallest absolute Gasteiger partial charge is 0.0858 e. The van der Waals surface area contributed by atoms with Crippen LogP contribution in [0.15, 0.2) is 12.2 Å². The van der Waals surface area contributed by atoms with Gasteiger partial charge in [0.15, 0.2) is 0 Å². The van der Waals surface area contributed by atoms with E-state index in [1.54, 1.807) is 12.2 Å². The van der Waals surface area contributed by atoms with Crippen LogP contribution in [0.1, 0.15) is 0 Å². The summed E-state index contributed by atoms with van der Waals surface area (Å²) in [6.45, 7) is 0. The second-order valence-electron chi connectivity index (χ2n) is 2.25. The van der Waals surface area contributed by atoms with E-state index in [0.29, 0.717) is 0 Å². The molecular formula is C6H8Br2O2. The first-order chi connectivity index (χ1) is 4.63. The van der Waals surface area contributed by atoms with E-state index in [-0.39, 0.29) is 9.65 Å². The Balaban J connectivity index is 2.69. The minimum absolute atomic E-state index is 0.104. The first-order valence-corrected chi connectivity index (χ1v) is 4.78. The van der Waals surface area contributed by atoms with E-state index < -0.39 is 12.2 Å². The standard InChI is InChI=1S/C6H8Br2O2/c7-5-3(9)1-2-4(10)6(5)8/h1-6,9-10H/t3-,4+,5-,6+. The fourth-order valence-corrected chi connectivity index (χ4v) is 1.79. The van der Waals surface area contributed by atoms with Crippen molar-refractivity contribution in [2.24, 2.45) is 0 Å².